The van der Waals surface area contributed by atoms with E-state index < -0.39 is 0 Å². The van der Waals surface area contributed by atoms with Gasteiger partial charge in [0.1, 0.15) is 0 Å². The number of benzene rings is 3. The number of aromatic nitrogens is 1. The Morgan fingerprint density at radius 3 is 1.98 bits per heavy atom. The first-order valence-electron chi connectivity index (χ1n) is 16.0. The van der Waals surface area contributed by atoms with Crippen molar-refractivity contribution in [3.8, 4) is 5.69 Å². The molecule has 43 heavy (non-hydrogen) atoms. The summed E-state index contributed by atoms with van der Waals surface area (Å²) in [5.41, 5.74) is 6.71. The van der Waals surface area contributed by atoms with E-state index >= 15 is 0 Å². The number of carbonyl (C=O) groups is 1. The predicted molar refractivity (Wildman–Crippen MR) is 191 cm³/mol. The smallest absolute Gasteiger partial charge is 0.337 e. The van der Waals surface area contributed by atoms with Crippen LogP contribution in [0.25, 0.3) is 22.7 Å². The van der Waals surface area contributed by atoms with Crippen molar-refractivity contribution in [2.24, 2.45) is 0 Å². The van der Waals surface area contributed by atoms with Gasteiger partial charge in [-0.1, -0.05) is 124 Å². The third-order valence-corrected chi connectivity index (χ3v) is 6.79. The molecule has 0 saturated heterocycles. The number of nitrogens with zero attached hydrogens (tertiary/aromatic N) is 1. The van der Waals surface area contributed by atoms with E-state index in [1.165, 1.54) is 30.2 Å². The van der Waals surface area contributed by atoms with Crippen molar-refractivity contribution in [2.75, 3.05) is 14.2 Å². The number of para-hydroxylation sites is 1. The summed E-state index contributed by atoms with van der Waals surface area (Å²) in [6.07, 6.45) is 7.30. The first kappa shape index (κ1) is 39.4. The fourth-order valence-corrected chi connectivity index (χ4v) is 4.01. The normalized spacial score (nSPS) is 10.4. The van der Waals surface area contributed by atoms with Crippen LogP contribution in [0.4, 0.5) is 0 Å². The number of ether oxygens (including phenoxy) is 1. The number of methoxy groups -OCH3 is 1. The van der Waals surface area contributed by atoms with Gasteiger partial charge in [0.05, 0.1) is 18.2 Å². The van der Waals surface area contributed by atoms with E-state index in [2.05, 4.69) is 93.7 Å². The topological polar surface area (TPSA) is 43.3 Å². The number of carbonyl (C=O) groups excluding carboxylic acids is 1. The van der Waals surface area contributed by atoms with Gasteiger partial charge in [-0.25, -0.2) is 4.79 Å². The second-order valence-electron chi connectivity index (χ2n) is 9.96. The Bertz CT molecular complexity index is 1290. The Labute approximate surface area is 263 Å². The molecule has 4 heteroatoms. The maximum Gasteiger partial charge on any atom is 0.337 e. The lowest BCUT2D eigenvalue weighted by Crippen LogP contribution is -2.15. The number of hydrogen-bond donors (Lipinski definition) is 1. The average molecular weight is 587 g/mol. The van der Waals surface area contributed by atoms with E-state index in [9.17, 15) is 4.79 Å². The standard InChI is InChI=1S/C19H19NO2.C12H16.C4H11N.2C2H6/c1-3-7-15-13-20(16-8-5-4-6-9-16)18-11-10-14(12-17(15)18)19(21)22-2;1-4-10(3)12-8-6-11(5-2)7-9-12;1-4(2)5-3;2*1-2/h4-6,8-13H,3,7H2,1-2H3;5-10H,2,4H2,1,3H3;4-5H,1-3H3;2*1-2H3. The molecule has 0 aliphatic heterocycles. The third-order valence-electron chi connectivity index (χ3n) is 6.79. The molecule has 0 radical (unpaired) electrons. The molecule has 0 bridgehead atoms. The van der Waals surface area contributed by atoms with Crippen molar-refractivity contribution >= 4 is 22.9 Å². The Morgan fingerprint density at radius 2 is 1.51 bits per heavy atom. The molecular weight excluding hydrogens is 528 g/mol. The van der Waals surface area contributed by atoms with Gasteiger partial charge in [0, 0.05) is 23.3 Å². The molecule has 1 unspecified atom stereocenters. The van der Waals surface area contributed by atoms with Crippen LogP contribution in [0, 0.1) is 0 Å². The van der Waals surface area contributed by atoms with Crippen LogP contribution >= 0.6 is 0 Å². The molecule has 0 amide bonds. The highest BCUT2D eigenvalue weighted by molar-refractivity contribution is 5.96. The summed E-state index contributed by atoms with van der Waals surface area (Å²) in [5.74, 6) is 0.376. The summed E-state index contributed by atoms with van der Waals surface area (Å²) in [4.78, 5) is 11.8. The van der Waals surface area contributed by atoms with Crippen molar-refractivity contribution in [1.29, 1.82) is 0 Å². The molecule has 0 aliphatic carbocycles. The van der Waals surface area contributed by atoms with Crippen LogP contribution in [0.2, 0.25) is 0 Å². The molecule has 1 N–H and O–H groups in total. The molecule has 1 heterocycles. The molecule has 4 rings (SSSR count). The van der Waals surface area contributed by atoms with E-state index in [4.69, 9.17) is 4.74 Å². The van der Waals surface area contributed by atoms with Gasteiger partial charge in [0.2, 0.25) is 0 Å². The number of rotatable bonds is 8. The van der Waals surface area contributed by atoms with E-state index in [1.54, 1.807) is 0 Å². The van der Waals surface area contributed by atoms with E-state index in [-0.39, 0.29) is 5.97 Å². The lowest BCUT2D eigenvalue weighted by molar-refractivity contribution is 0.0601. The van der Waals surface area contributed by atoms with Gasteiger partial charge in [0.15, 0.2) is 0 Å². The zero-order chi connectivity index (χ0) is 32.8. The molecule has 4 aromatic rings. The van der Waals surface area contributed by atoms with E-state index in [1.807, 2.05) is 77.2 Å². The monoisotopic (exact) mass is 586 g/mol. The Balaban J connectivity index is 0.000000707. The summed E-state index contributed by atoms with van der Waals surface area (Å²) in [6, 6.07) is 25.2. The number of hydrogen-bond acceptors (Lipinski definition) is 3. The van der Waals surface area contributed by atoms with Crippen molar-refractivity contribution in [3.05, 3.63) is 108 Å². The highest BCUT2D eigenvalue weighted by Gasteiger charge is 2.13. The average Bonchev–Trinajstić information content (AvgIpc) is 3.44. The van der Waals surface area contributed by atoms with Crippen molar-refractivity contribution in [2.45, 2.75) is 93.5 Å². The van der Waals surface area contributed by atoms with Crippen LogP contribution in [0.15, 0.2) is 85.6 Å². The number of esters is 1. The second kappa shape index (κ2) is 22.9. The summed E-state index contributed by atoms with van der Waals surface area (Å²) in [7, 11) is 3.36. The summed E-state index contributed by atoms with van der Waals surface area (Å²) in [5, 5.41) is 4.15. The fraction of sp³-hybridized carbons (Fsp3) is 0.410. The van der Waals surface area contributed by atoms with Gasteiger partial charge in [0.25, 0.3) is 0 Å². The highest BCUT2D eigenvalue weighted by Crippen LogP contribution is 2.27. The molecule has 4 nitrogen and oxygen atoms in total. The molecule has 0 fully saturated rings. The van der Waals surface area contributed by atoms with Gasteiger partial charge in [-0.2, -0.15) is 0 Å². The zero-order valence-electron chi connectivity index (χ0n) is 28.8. The zero-order valence-corrected chi connectivity index (χ0v) is 28.8. The minimum Gasteiger partial charge on any atom is -0.465 e. The quantitative estimate of drug-likeness (QED) is 0.209. The van der Waals surface area contributed by atoms with Gasteiger partial charge in [-0.3, -0.25) is 0 Å². The fourth-order valence-electron chi connectivity index (χ4n) is 4.01. The lowest BCUT2D eigenvalue weighted by atomic mass is 9.98. The van der Waals surface area contributed by atoms with Crippen molar-refractivity contribution in [1.82, 2.24) is 9.88 Å². The highest BCUT2D eigenvalue weighted by atomic mass is 16.5. The first-order valence-corrected chi connectivity index (χ1v) is 16.0. The minimum atomic E-state index is -0.295. The molecule has 236 valence electrons. The minimum absolute atomic E-state index is 0.295. The van der Waals surface area contributed by atoms with Gasteiger partial charge >= 0.3 is 5.97 Å². The summed E-state index contributed by atoms with van der Waals surface area (Å²) < 4.78 is 7.01. The van der Waals surface area contributed by atoms with Gasteiger partial charge in [-0.05, 0) is 72.8 Å². The van der Waals surface area contributed by atoms with E-state index in [0.717, 1.165) is 29.4 Å². The van der Waals surface area contributed by atoms with Gasteiger partial charge < -0.3 is 14.6 Å². The Kier molecular flexibility index (Phi) is 21.0. The first-order chi connectivity index (χ1) is 20.8. The number of fused-ring (bicyclic) bond motifs is 1. The van der Waals surface area contributed by atoms with Crippen LogP contribution in [0.5, 0.6) is 0 Å². The molecule has 0 saturated carbocycles. The molecule has 0 aliphatic rings. The summed E-state index contributed by atoms with van der Waals surface area (Å²) in [6.45, 7) is 22.6. The van der Waals surface area contributed by atoms with Crippen LogP contribution < -0.4 is 5.32 Å². The predicted octanol–water partition coefficient (Wildman–Crippen LogP) is 10.9. The number of nitrogens with one attached hydrogen (secondary N) is 1. The Morgan fingerprint density at radius 1 is 0.930 bits per heavy atom. The molecular formula is C39H58N2O2. The lowest BCUT2D eigenvalue weighted by Gasteiger charge is -2.08. The van der Waals surface area contributed by atoms with Crippen molar-refractivity contribution in [3.63, 3.8) is 0 Å². The van der Waals surface area contributed by atoms with Crippen molar-refractivity contribution < 1.29 is 9.53 Å². The third kappa shape index (κ3) is 13.0. The van der Waals surface area contributed by atoms with Crippen LogP contribution in [-0.4, -0.2) is 30.7 Å². The molecule has 1 atom stereocenters. The van der Waals surface area contributed by atoms with Crippen LogP contribution in [-0.2, 0) is 11.2 Å². The maximum absolute atomic E-state index is 11.8. The van der Waals surface area contributed by atoms with E-state index in [0.29, 0.717) is 17.5 Å². The number of aryl methyl sites for hydroxylation is 1. The van der Waals surface area contributed by atoms with Crippen LogP contribution in [0.3, 0.4) is 0 Å². The molecule has 3 aromatic carbocycles. The maximum atomic E-state index is 11.8. The SMILES string of the molecule is C=Cc1ccc(C(C)CC)cc1.CC.CC.CCCc1cn(-c2ccccc2)c2ccc(C(=O)OC)cc12.CNC(C)C. The van der Waals surface area contributed by atoms with Crippen LogP contribution in [0.1, 0.15) is 108 Å². The molecule has 0 spiro atoms. The summed E-state index contributed by atoms with van der Waals surface area (Å²) >= 11 is 0. The molecule has 1 aromatic heterocycles. The largest absolute Gasteiger partial charge is 0.465 e. The second-order valence-corrected chi connectivity index (χ2v) is 9.96. The Hall–Kier alpha value is -3.63. The van der Waals surface area contributed by atoms with Gasteiger partial charge in [-0.15, -0.1) is 0 Å².